The molecule has 0 saturated heterocycles. The third-order valence-corrected chi connectivity index (χ3v) is 5.10. The highest BCUT2D eigenvalue weighted by Crippen LogP contribution is 2.34. The number of carbonyl (C=O) groups is 2. The van der Waals surface area contributed by atoms with Gasteiger partial charge in [0.05, 0.1) is 5.92 Å². The van der Waals surface area contributed by atoms with E-state index < -0.39 is 5.92 Å². The molecule has 3 heterocycles. The first-order chi connectivity index (χ1) is 11.7. The maximum Gasteiger partial charge on any atom is 0.233 e. The Hall–Kier alpha value is -2.79. The van der Waals surface area contributed by atoms with E-state index in [1.54, 1.807) is 17.8 Å². The standard InChI is InChI=1S/C16H13N5O2S/c17-8-12-14(20-16-21(12)5-6-24-16)19-15(23)10-7-13(22)18-11-4-2-1-3-9(10)11/h1-4,10H,5-7H2,(H,18,22)(H,19,23)/t10-/m0/s1. The number of amides is 2. The third-order valence-electron chi connectivity index (χ3n) is 4.14. The fraction of sp³-hybridized carbons (Fsp3) is 0.250. The number of nitrogens with one attached hydrogen (secondary N) is 2. The SMILES string of the molecule is N#Cc1c(NC(=O)[C@H]2CC(=O)Nc3ccccc32)nc2n1CCS2. The number of hydrogen-bond donors (Lipinski definition) is 2. The monoisotopic (exact) mass is 339 g/mol. The Morgan fingerprint density at radius 1 is 1.46 bits per heavy atom. The number of imidazole rings is 1. The molecule has 0 fully saturated rings. The summed E-state index contributed by atoms with van der Waals surface area (Å²) >= 11 is 1.56. The van der Waals surface area contributed by atoms with E-state index in [4.69, 9.17) is 0 Å². The summed E-state index contributed by atoms with van der Waals surface area (Å²) in [5, 5.41) is 15.6. The minimum atomic E-state index is -0.592. The van der Waals surface area contributed by atoms with Crippen LogP contribution in [-0.4, -0.2) is 27.1 Å². The summed E-state index contributed by atoms with van der Waals surface area (Å²) in [6.07, 6.45) is 0.0764. The molecule has 24 heavy (non-hydrogen) atoms. The summed E-state index contributed by atoms with van der Waals surface area (Å²) in [6, 6.07) is 9.35. The zero-order valence-electron chi connectivity index (χ0n) is 12.6. The number of aromatic nitrogens is 2. The first-order valence-corrected chi connectivity index (χ1v) is 8.49. The molecule has 2 aliphatic rings. The second kappa shape index (κ2) is 5.69. The summed E-state index contributed by atoms with van der Waals surface area (Å²) < 4.78 is 1.81. The molecule has 2 aromatic rings. The van der Waals surface area contributed by atoms with Gasteiger partial charge in [-0.1, -0.05) is 30.0 Å². The van der Waals surface area contributed by atoms with Crippen molar-refractivity contribution >= 4 is 35.1 Å². The minimum absolute atomic E-state index is 0.0764. The fourth-order valence-electron chi connectivity index (χ4n) is 3.03. The van der Waals surface area contributed by atoms with Gasteiger partial charge in [0.15, 0.2) is 16.7 Å². The second-order valence-corrected chi connectivity index (χ2v) is 6.65. The molecule has 0 bridgehead atoms. The zero-order chi connectivity index (χ0) is 16.7. The molecule has 2 N–H and O–H groups in total. The third kappa shape index (κ3) is 2.34. The second-order valence-electron chi connectivity index (χ2n) is 5.58. The molecule has 120 valence electrons. The van der Waals surface area contributed by atoms with E-state index in [2.05, 4.69) is 21.7 Å². The lowest BCUT2D eigenvalue weighted by atomic mass is 9.90. The van der Waals surface area contributed by atoms with Gasteiger partial charge in [-0.15, -0.1) is 0 Å². The summed E-state index contributed by atoms with van der Waals surface area (Å²) in [4.78, 5) is 28.9. The molecule has 0 saturated carbocycles. The van der Waals surface area contributed by atoms with Gasteiger partial charge >= 0.3 is 0 Å². The molecule has 7 nitrogen and oxygen atoms in total. The Labute approximate surface area is 142 Å². The highest BCUT2D eigenvalue weighted by atomic mass is 32.2. The number of benzene rings is 1. The Kier molecular flexibility index (Phi) is 3.50. The van der Waals surface area contributed by atoms with Crippen LogP contribution in [0.2, 0.25) is 0 Å². The van der Waals surface area contributed by atoms with Gasteiger partial charge in [-0.05, 0) is 11.6 Å². The van der Waals surface area contributed by atoms with Crippen molar-refractivity contribution in [3.8, 4) is 6.07 Å². The largest absolute Gasteiger partial charge is 0.326 e. The molecule has 2 amide bonds. The Balaban J connectivity index is 1.64. The minimum Gasteiger partial charge on any atom is -0.326 e. The molecule has 1 atom stereocenters. The molecule has 4 rings (SSSR count). The van der Waals surface area contributed by atoms with Crippen molar-refractivity contribution in [2.45, 2.75) is 24.0 Å². The molecule has 0 aliphatic carbocycles. The number of nitriles is 1. The average Bonchev–Trinajstić information content (AvgIpc) is 3.14. The maximum absolute atomic E-state index is 12.7. The number of para-hydroxylation sites is 1. The van der Waals surface area contributed by atoms with E-state index >= 15 is 0 Å². The Morgan fingerprint density at radius 3 is 3.12 bits per heavy atom. The molecule has 1 aromatic heterocycles. The van der Waals surface area contributed by atoms with Gasteiger partial charge in [0, 0.05) is 24.4 Å². The van der Waals surface area contributed by atoms with Gasteiger partial charge in [0.1, 0.15) is 6.07 Å². The molecular weight excluding hydrogens is 326 g/mol. The smallest absolute Gasteiger partial charge is 0.233 e. The molecular formula is C16H13N5O2S. The highest BCUT2D eigenvalue weighted by Gasteiger charge is 2.32. The van der Waals surface area contributed by atoms with Gasteiger partial charge in [-0.2, -0.15) is 5.26 Å². The summed E-state index contributed by atoms with van der Waals surface area (Å²) in [5.74, 6) is 0.0354. The highest BCUT2D eigenvalue weighted by molar-refractivity contribution is 7.99. The molecule has 1 aromatic carbocycles. The van der Waals surface area contributed by atoms with Crippen molar-refractivity contribution in [3.63, 3.8) is 0 Å². The van der Waals surface area contributed by atoms with E-state index in [-0.39, 0.29) is 24.1 Å². The predicted octanol–water partition coefficient (Wildman–Crippen LogP) is 1.92. The van der Waals surface area contributed by atoms with Gasteiger partial charge in [0.25, 0.3) is 0 Å². The summed E-state index contributed by atoms with van der Waals surface area (Å²) in [6.45, 7) is 0.709. The average molecular weight is 339 g/mol. The van der Waals surface area contributed by atoms with Crippen LogP contribution in [0.4, 0.5) is 11.5 Å². The number of fused-ring (bicyclic) bond motifs is 2. The van der Waals surface area contributed by atoms with Crippen LogP contribution in [-0.2, 0) is 16.1 Å². The molecule has 8 heteroatoms. The van der Waals surface area contributed by atoms with Crippen LogP contribution < -0.4 is 10.6 Å². The lowest BCUT2D eigenvalue weighted by molar-refractivity contribution is -0.123. The fourth-order valence-corrected chi connectivity index (χ4v) is 3.98. The van der Waals surface area contributed by atoms with E-state index in [1.807, 2.05) is 22.8 Å². The number of rotatable bonds is 2. The molecule has 0 spiro atoms. The lowest BCUT2D eigenvalue weighted by Gasteiger charge is -2.24. The van der Waals surface area contributed by atoms with Crippen molar-refractivity contribution in [1.82, 2.24) is 9.55 Å². The van der Waals surface area contributed by atoms with Crippen LogP contribution in [0, 0.1) is 11.3 Å². The number of nitrogens with zero attached hydrogens (tertiary/aromatic N) is 3. The van der Waals surface area contributed by atoms with Gasteiger partial charge in [0.2, 0.25) is 11.8 Å². The van der Waals surface area contributed by atoms with Crippen molar-refractivity contribution < 1.29 is 9.59 Å². The van der Waals surface area contributed by atoms with Crippen molar-refractivity contribution in [1.29, 1.82) is 5.26 Å². The van der Waals surface area contributed by atoms with Crippen molar-refractivity contribution in [2.75, 3.05) is 16.4 Å². The Morgan fingerprint density at radius 2 is 2.29 bits per heavy atom. The first-order valence-electron chi connectivity index (χ1n) is 7.50. The number of carbonyl (C=O) groups excluding carboxylic acids is 2. The molecule has 2 aliphatic heterocycles. The summed E-state index contributed by atoms with van der Waals surface area (Å²) in [5.41, 5.74) is 1.78. The van der Waals surface area contributed by atoms with Crippen LogP contribution in [0.3, 0.4) is 0 Å². The number of thioether (sulfide) groups is 1. The van der Waals surface area contributed by atoms with Crippen molar-refractivity contribution in [3.05, 3.63) is 35.5 Å². The van der Waals surface area contributed by atoms with Gasteiger partial charge < -0.3 is 15.2 Å². The normalized spacial score (nSPS) is 18.3. The van der Waals surface area contributed by atoms with E-state index in [1.165, 1.54) is 0 Å². The number of anilines is 2. The first kappa shape index (κ1) is 14.8. The summed E-state index contributed by atoms with van der Waals surface area (Å²) in [7, 11) is 0. The van der Waals surface area contributed by atoms with Gasteiger partial charge in [-0.25, -0.2) is 4.98 Å². The van der Waals surface area contributed by atoms with Crippen LogP contribution in [0.5, 0.6) is 0 Å². The van der Waals surface area contributed by atoms with Crippen LogP contribution in [0.25, 0.3) is 0 Å². The topological polar surface area (TPSA) is 99.8 Å². The number of hydrogen-bond acceptors (Lipinski definition) is 5. The van der Waals surface area contributed by atoms with E-state index in [0.717, 1.165) is 16.5 Å². The van der Waals surface area contributed by atoms with Crippen LogP contribution >= 0.6 is 11.8 Å². The van der Waals surface area contributed by atoms with E-state index in [0.29, 0.717) is 17.9 Å². The lowest BCUT2D eigenvalue weighted by Crippen LogP contribution is -2.31. The quantitative estimate of drug-likeness (QED) is 0.871. The zero-order valence-corrected chi connectivity index (χ0v) is 13.4. The Bertz CT molecular complexity index is 898. The van der Waals surface area contributed by atoms with Gasteiger partial charge in [-0.3, -0.25) is 9.59 Å². The molecule has 0 unspecified atom stereocenters. The maximum atomic E-state index is 12.7. The molecule has 0 radical (unpaired) electrons. The van der Waals surface area contributed by atoms with E-state index in [9.17, 15) is 14.9 Å². The van der Waals surface area contributed by atoms with Crippen molar-refractivity contribution in [2.24, 2.45) is 0 Å². The van der Waals surface area contributed by atoms with Crippen LogP contribution in [0.15, 0.2) is 29.4 Å². The van der Waals surface area contributed by atoms with Crippen LogP contribution in [0.1, 0.15) is 23.6 Å². The predicted molar refractivity (Wildman–Crippen MR) is 88.7 cm³/mol.